The molecule has 0 aromatic heterocycles. The molecule has 3 nitrogen and oxygen atoms in total. The van der Waals surface area contributed by atoms with E-state index in [9.17, 15) is 4.79 Å². The molecule has 0 saturated carbocycles. The molecule has 0 bridgehead atoms. The zero-order valence-electron chi connectivity index (χ0n) is 12.9. The maximum atomic E-state index is 12.0. The third-order valence-corrected chi connectivity index (χ3v) is 4.22. The second-order valence-electron chi connectivity index (χ2n) is 5.93. The Morgan fingerprint density at radius 2 is 2.05 bits per heavy atom. The molecular formula is C19H22N2O. The molecule has 0 aliphatic heterocycles. The predicted molar refractivity (Wildman–Crippen MR) is 88.9 cm³/mol. The van der Waals surface area contributed by atoms with E-state index in [-0.39, 0.29) is 12.1 Å². The minimum Gasteiger partial charge on any atom is -0.338 e. The summed E-state index contributed by atoms with van der Waals surface area (Å²) in [5.74, 6) is 0. The first-order chi connectivity index (χ1) is 10.7. The van der Waals surface area contributed by atoms with Crippen molar-refractivity contribution in [1.29, 1.82) is 0 Å². The molecule has 1 atom stereocenters. The topological polar surface area (TPSA) is 41.1 Å². The van der Waals surface area contributed by atoms with E-state index in [1.54, 1.807) is 0 Å². The molecule has 114 valence electrons. The van der Waals surface area contributed by atoms with Crippen molar-refractivity contribution in [1.82, 2.24) is 10.6 Å². The molecule has 2 amide bonds. The van der Waals surface area contributed by atoms with E-state index in [1.807, 2.05) is 6.07 Å². The van der Waals surface area contributed by atoms with Gasteiger partial charge in [-0.2, -0.15) is 0 Å². The summed E-state index contributed by atoms with van der Waals surface area (Å²) < 4.78 is 0. The van der Waals surface area contributed by atoms with Crippen LogP contribution in [0.1, 0.15) is 34.7 Å². The average molecular weight is 294 g/mol. The molecule has 0 radical (unpaired) electrons. The molecule has 1 aliphatic rings. The van der Waals surface area contributed by atoms with Crippen molar-refractivity contribution in [2.45, 2.75) is 32.2 Å². The van der Waals surface area contributed by atoms with E-state index in [0.717, 1.165) is 19.3 Å². The molecule has 0 spiro atoms. The summed E-state index contributed by atoms with van der Waals surface area (Å²) in [5.41, 5.74) is 5.12. The van der Waals surface area contributed by atoms with Gasteiger partial charge in [-0.15, -0.1) is 0 Å². The molecule has 1 aliphatic carbocycles. The van der Waals surface area contributed by atoms with Crippen LogP contribution < -0.4 is 10.6 Å². The monoisotopic (exact) mass is 294 g/mol. The molecule has 22 heavy (non-hydrogen) atoms. The number of nitrogens with one attached hydrogen (secondary N) is 2. The van der Waals surface area contributed by atoms with Gasteiger partial charge >= 0.3 is 6.03 Å². The quantitative estimate of drug-likeness (QED) is 0.890. The SMILES string of the molecule is Cc1cccc(CCNC(=O)NC2CCc3ccccc32)c1. The Labute approximate surface area is 131 Å². The van der Waals surface area contributed by atoms with Crippen LogP contribution in [-0.4, -0.2) is 12.6 Å². The fraction of sp³-hybridized carbons (Fsp3) is 0.316. The maximum absolute atomic E-state index is 12.0. The minimum absolute atomic E-state index is 0.0747. The highest BCUT2D eigenvalue weighted by Gasteiger charge is 2.22. The lowest BCUT2D eigenvalue weighted by molar-refractivity contribution is 0.237. The predicted octanol–water partition coefficient (Wildman–Crippen LogP) is 3.52. The van der Waals surface area contributed by atoms with E-state index in [1.165, 1.54) is 22.3 Å². The van der Waals surface area contributed by atoms with Crippen LogP contribution in [0.2, 0.25) is 0 Å². The number of amides is 2. The van der Waals surface area contributed by atoms with Gasteiger partial charge in [-0.05, 0) is 42.9 Å². The summed E-state index contributed by atoms with van der Waals surface area (Å²) in [6.07, 6.45) is 2.89. The number of hydrogen-bond acceptors (Lipinski definition) is 1. The number of fused-ring (bicyclic) bond motifs is 1. The molecule has 2 N–H and O–H groups in total. The lowest BCUT2D eigenvalue weighted by Crippen LogP contribution is -2.38. The summed E-state index contributed by atoms with van der Waals surface area (Å²) in [6, 6.07) is 16.8. The summed E-state index contributed by atoms with van der Waals surface area (Å²) >= 11 is 0. The maximum Gasteiger partial charge on any atom is 0.315 e. The molecule has 3 heteroatoms. The van der Waals surface area contributed by atoms with Gasteiger partial charge in [0.15, 0.2) is 0 Å². The highest BCUT2D eigenvalue weighted by molar-refractivity contribution is 5.74. The Hall–Kier alpha value is -2.29. The number of benzene rings is 2. The van der Waals surface area contributed by atoms with Crippen molar-refractivity contribution in [3.8, 4) is 0 Å². The fourth-order valence-electron chi connectivity index (χ4n) is 3.10. The molecule has 2 aromatic carbocycles. The van der Waals surface area contributed by atoms with E-state index in [4.69, 9.17) is 0 Å². The summed E-state index contributed by atoms with van der Waals surface area (Å²) in [7, 11) is 0. The number of hydrogen-bond donors (Lipinski definition) is 2. The van der Waals surface area contributed by atoms with Crippen molar-refractivity contribution >= 4 is 6.03 Å². The molecule has 0 heterocycles. The smallest absolute Gasteiger partial charge is 0.315 e. The van der Waals surface area contributed by atoms with Crippen molar-refractivity contribution in [3.63, 3.8) is 0 Å². The average Bonchev–Trinajstić information content (AvgIpc) is 2.91. The van der Waals surface area contributed by atoms with Gasteiger partial charge in [0.2, 0.25) is 0 Å². The first kappa shape index (κ1) is 14.6. The van der Waals surface area contributed by atoms with Gasteiger partial charge in [0, 0.05) is 6.54 Å². The summed E-state index contributed by atoms with van der Waals surface area (Å²) in [5, 5.41) is 6.04. The Balaban J connectivity index is 1.47. The zero-order valence-corrected chi connectivity index (χ0v) is 12.9. The largest absolute Gasteiger partial charge is 0.338 e. The first-order valence-electron chi connectivity index (χ1n) is 7.90. The zero-order chi connectivity index (χ0) is 15.4. The number of urea groups is 1. The number of aryl methyl sites for hydroxylation is 2. The van der Waals surface area contributed by atoms with E-state index < -0.39 is 0 Å². The van der Waals surface area contributed by atoms with E-state index in [2.05, 4.69) is 60.0 Å². The normalized spacial score (nSPS) is 16.1. The Bertz CT molecular complexity index is 666. The lowest BCUT2D eigenvalue weighted by Gasteiger charge is -2.15. The van der Waals surface area contributed by atoms with Crippen molar-refractivity contribution < 1.29 is 4.79 Å². The van der Waals surface area contributed by atoms with Crippen LogP contribution in [0, 0.1) is 6.92 Å². The van der Waals surface area contributed by atoms with Crippen LogP contribution in [0.5, 0.6) is 0 Å². The van der Waals surface area contributed by atoms with Gasteiger partial charge in [-0.3, -0.25) is 0 Å². The number of carbonyl (C=O) groups excluding carboxylic acids is 1. The Morgan fingerprint density at radius 1 is 1.18 bits per heavy atom. The highest BCUT2D eigenvalue weighted by atomic mass is 16.2. The summed E-state index contributed by atoms with van der Waals surface area (Å²) in [6.45, 7) is 2.74. The molecule has 0 saturated heterocycles. The van der Waals surface area contributed by atoms with Gasteiger partial charge in [0.1, 0.15) is 0 Å². The Morgan fingerprint density at radius 3 is 2.91 bits per heavy atom. The van der Waals surface area contributed by atoms with Crippen LogP contribution in [0.15, 0.2) is 48.5 Å². The number of carbonyl (C=O) groups is 1. The van der Waals surface area contributed by atoms with Gasteiger partial charge < -0.3 is 10.6 Å². The van der Waals surface area contributed by atoms with Crippen LogP contribution >= 0.6 is 0 Å². The Kier molecular flexibility index (Phi) is 4.42. The highest BCUT2D eigenvalue weighted by Crippen LogP contribution is 2.30. The molecule has 0 fully saturated rings. The van der Waals surface area contributed by atoms with Crippen LogP contribution in [0.3, 0.4) is 0 Å². The lowest BCUT2D eigenvalue weighted by atomic mass is 10.1. The first-order valence-corrected chi connectivity index (χ1v) is 7.90. The van der Waals surface area contributed by atoms with Crippen LogP contribution in [0.4, 0.5) is 4.79 Å². The van der Waals surface area contributed by atoms with Crippen molar-refractivity contribution in [2.24, 2.45) is 0 Å². The summed E-state index contributed by atoms with van der Waals surface area (Å²) in [4.78, 5) is 12.0. The fourth-order valence-corrected chi connectivity index (χ4v) is 3.10. The van der Waals surface area contributed by atoms with Crippen molar-refractivity contribution in [3.05, 3.63) is 70.8 Å². The van der Waals surface area contributed by atoms with Gasteiger partial charge in [0.25, 0.3) is 0 Å². The van der Waals surface area contributed by atoms with Gasteiger partial charge in [-0.1, -0.05) is 54.1 Å². The second kappa shape index (κ2) is 6.65. The van der Waals surface area contributed by atoms with E-state index >= 15 is 0 Å². The van der Waals surface area contributed by atoms with E-state index in [0.29, 0.717) is 6.54 Å². The third kappa shape index (κ3) is 3.48. The van der Waals surface area contributed by atoms with Crippen molar-refractivity contribution in [2.75, 3.05) is 6.54 Å². The standard InChI is InChI=1S/C19H22N2O/c1-14-5-4-6-15(13-14)11-12-20-19(22)21-18-10-9-16-7-2-3-8-17(16)18/h2-8,13,18H,9-12H2,1H3,(H2,20,21,22). The van der Waals surface area contributed by atoms with Crippen LogP contribution in [0.25, 0.3) is 0 Å². The van der Waals surface area contributed by atoms with Crippen LogP contribution in [-0.2, 0) is 12.8 Å². The molecular weight excluding hydrogens is 272 g/mol. The molecule has 2 aromatic rings. The van der Waals surface area contributed by atoms with Gasteiger partial charge in [-0.25, -0.2) is 4.79 Å². The van der Waals surface area contributed by atoms with Gasteiger partial charge in [0.05, 0.1) is 6.04 Å². The second-order valence-corrected chi connectivity index (χ2v) is 5.93. The third-order valence-electron chi connectivity index (χ3n) is 4.22. The number of rotatable bonds is 4. The molecule has 3 rings (SSSR count). The minimum atomic E-state index is -0.0747. The molecule has 1 unspecified atom stereocenters.